The molecule has 0 unspecified atom stereocenters. The minimum Gasteiger partial charge on any atom is -0.493 e. The SMILES string of the molecule is Cc1sc(Nc2ccc3c(c2)CCO3)nc1-c1cnc2ccccn12. The molecule has 1 N–H and O–H groups in total. The Labute approximate surface area is 148 Å². The lowest BCUT2D eigenvalue weighted by atomic mass is 10.1. The average molecular weight is 348 g/mol. The third-order valence-corrected chi connectivity index (χ3v) is 5.28. The van der Waals surface area contributed by atoms with Crippen molar-refractivity contribution in [2.75, 3.05) is 11.9 Å². The first-order valence-corrected chi connectivity index (χ1v) is 9.02. The predicted octanol–water partition coefficient (Wildman–Crippen LogP) is 4.44. The van der Waals surface area contributed by atoms with Crippen LogP contribution in [0.3, 0.4) is 0 Å². The van der Waals surface area contributed by atoms with Crippen LogP contribution in [0.4, 0.5) is 10.8 Å². The number of anilines is 2. The van der Waals surface area contributed by atoms with Crippen molar-refractivity contribution in [3.63, 3.8) is 0 Å². The summed E-state index contributed by atoms with van der Waals surface area (Å²) in [4.78, 5) is 10.4. The number of nitrogens with one attached hydrogen (secondary N) is 1. The first-order valence-electron chi connectivity index (χ1n) is 8.20. The molecule has 0 radical (unpaired) electrons. The van der Waals surface area contributed by atoms with E-state index in [-0.39, 0.29) is 0 Å². The fourth-order valence-electron chi connectivity index (χ4n) is 3.18. The monoisotopic (exact) mass is 348 g/mol. The highest BCUT2D eigenvalue weighted by molar-refractivity contribution is 7.16. The van der Waals surface area contributed by atoms with Gasteiger partial charge in [-0.2, -0.15) is 0 Å². The van der Waals surface area contributed by atoms with E-state index < -0.39 is 0 Å². The van der Waals surface area contributed by atoms with Crippen molar-refractivity contribution in [3.8, 4) is 17.1 Å². The lowest BCUT2D eigenvalue weighted by Gasteiger charge is -2.04. The summed E-state index contributed by atoms with van der Waals surface area (Å²) in [5.74, 6) is 0.993. The summed E-state index contributed by atoms with van der Waals surface area (Å²) in [7, 11) is 0. The molecule has 1 aliphatic rings. The Kier molecular flexibility index (Phi) is 3.24. The molecule has 1 aliphatic heterocycles. The van der Waals surface area contributed by atoms with Crippen LogP contribution in [0.25, 0.3) is 17.0 Å². The van der Waals surface area contributed by atoms with Crippen molar-refractivity contribution in [2.24, 2.45) is 0 Å². The van der Waals surface area contributed by atoms with Crippen molar-refractivity contribution < 1.29 is 4.74 Å². The maximum Gasteiger partial charge on any atom is 0.188 e. The molecule has 5 rings (SSSR count). The van der Waals surface area contributed by atoms with E-state index in [1.807, 2.05) is 42.7 Å². The highest BCUT2D eigenvalue weighted by Crippen LogP contribution is 2.34. The number of rotatable bonds is 3. The molecular formula is C19H16N4OS. The lowest BCUT2D eigenvalue weighted by molar-refractivity contribution is 0.357. The smallest absolute Gasteiger partial charge is 0.188 e. The minimum absolute atomic E-state index is 0.771. The Morgan fingerprint density at radius 2 is 2.20 bits per heavy atom. The summed E-state index contributed by atoms with van der Waals surface area (Å²) >= 11 is 1.65. The van der Waals surface area contributed by atoms with Gasteiger partial charge < -0.3 is 10.1 Å². The zero-order chi connectivity index (χ0) is 16.8. The molecule has 3 aromatic heterocycles. The number of nitrogens with zero attached hydrogens (tertiary/aromatic N) is 3. The zero-order valence-corrected chi connectivity index (χ0v) is 14.5. The molecule has 0 atom stereocenters. The summed E-state index contributed by atoms with van der Waals surface area (Å²) in [6.45, 7) is 2.87. The number of ether oxygens (including phenoxy) is 1. The average Bonchev–Trinajstić information content (AvgIpc) is 3.32. The lowest BCUT2D eigenvalue weighted by Crippen LogP contribution is -1.92. The van der Waals surface area contributed by atoms with E-state index in [2.05, 4.69) is 27.7 Å². The number of hydrogen-bond acceptors (Lipinski definition) is 5. The Balaban J connectivity index is 1.49. The topological polar surface area (TPSA) is 51.5 Å². The fraction of sp³-hybridized carbons (Fsp3) is 0.158. The van der Waals surface area contributed by atoms with Gasteiger partial charge >= 0.3 is 0 Å². The molecule has 0 saturated heterocycles. The van der Waals surface area contributed by atoms with Crippen molar-refractivity contribution in [1.29, 1.82) is 0 Å². The van der Waals surface area contributed by atoms with Crippen LogP contribution in [-0.4, -0.2) is 21.0 Å². The van der Waals surface area contributed by atoms with Crippen LogP contribution >= 0.6 is 11.3 Å². The molecule has 25 heavy (non-hydrogen) atoms. The molecular weight excluding hydrogens is 332 g/mol. The molecule has 4 aromatic rings. The molecule has 1 aromatic carbocycles. The highest BCUT2D eigenvalue weighted by Gasteiger charge is 2.16. The number of imidazole rings is 1. The van der Waals surface area contributed by atoms with E-state index in [0.29, 0.717) is 0 Å². The van der Waals surface area contributed by atoms with Gasteiger partial charge in [0.05, 0.1) is 18.5 Å². The first kappa shape index (κ1) is 14.5. The van der Waals surface area contributed by atoms with Crippen molar-refractivity contribution >= 4 is 27.8 Å². The van der Waals surface area contributed by atoms with Gasteiger partial charge in [0.15, 0.2) is 5.13 Å². The second-order valence-electron chi connectivity index (χ2n) is 6.04. The zero-order valence-electron chi connectivity index (χ0n) is 13.7. The van der Waals surface area contributed by atoms with Crippen LogP contribution in [0.1, 0.15) is 10.4 Å². The van der Waals surface area contributed by atoms with Gasteiger partial charge in [0, 0.05) is 23.2 Å². The van der Waals surface area contributed by atoms with E-state index in [4.69, 9.17) is 9.72 Å². The fourth-order valence-corrected chi connectivity index (χ4v) is 4.03. The van der Waals surface area contributed by atoms with Gasteiger partial charge in [-0.3, -0.25) is 4.40 Å². The Morgan fingerprint density at radius 3 is 3.16 bits per heavy atom. The molecule has 0 spiro atoms. The van der Waals surface area contributed by atoms with E-state index in [9.17, 15) is 0 Å². The van der Waals surface area contributed by atoms with E-state index in [0.717, 1.165) is 51.5 Å². The third-order valence-electron chi connectivity index (χ3n) is 4.40. The van der Waals surface area contributed by atoms with Crippen molar-refractivity contribution in [1.82, 2.24) is 14.4 Å². The summed E-state index contributed by atoms with van der Waals surface area (Å²) in [6, 6.07) is 12.2. The summed E-state index contributed by atoms with van der Waals surface area (Å²) in [5, 5.41) is 4.31. The van der Waals surface area contributed by atoms with Gasteiger partial charge in [0.2, 0.25) is 0 Å². The summed E-state index contributed by atoms with van der Waals surface area (Å²) in [5.41, 5.74) is 5.21. The molecule has 124 valence electrons. The summed E-state index contributed by atoms with van der Waals surface area (Å²) < 4.78 is 7.63. The second kappa shape index (κ2) is 5.60. The van der Waals surface area contributed by atoms with Gasteiger partial charge in [-0.25, -0.2) is 9.97 Å². The Hall–Kier alpha value is -2.86. The normalized spacial score (nSPS) is 13.0. The molecule has 0 bridgehead atoms. The number of hydrogen-bond donors (Lipinski definition) is 1. The van der Waals surface area contributed by atoms with Crippen LogP contribution in [-0.2, 0) is 6.42 Å². The van der Waals surface area contributed by atoms with Crippen molar-refractivity contribution in [2.45, 2.75) is 13.3 Å². The number of pyridine rings is 1. The maximum absolute atomic E-state index is 5.57. The van der Waals surface area contributed by atoms with E-state index in [1.165, 1.54) is 5.56 Å². The maximum atomic E-state index is 5.57. The number of aryl methyl sites for hydroxylation is 1. The predicted molar refractivity (Wildman–Crippen MR) is 100.0 cm³/mol. The van der Waals surface area contributed by atoms with E-state index >= 15 is 0 Å². The number of aromatic nitrogens is 3. The summed E-state index contributed by atoms with van der Waals surface area (Å²) in [6.07, 6.45) is 4.87. The second-order valence-corrected chi connectivity index (χ2v) is 7.25. The van der Waals surface area contributed by atoms with Crippen LogP contribution in [0.5, 0.6) is 5.75 Å². The number of thiazole rings is 1. The first-order chi connectivity index (χ1) is 12.3. The van der Waals surface area contributed by atoms with Gasteiger partial charge in [-0.15, -0.1) is 11.3 Å². The van der Waals surface area contributed by atoms with Crippen LogP contribution in [0.2, 0.25) is 0 Å². The minimum atomic E-state index is 0.771. The Bertz CT molecular complexity index is 1080. The van der Waals surface area contributed by atoms with Crippen LogP contribution in [0.15, 0.2) is 48.8 Å². The molecule has 6 heteroatoms. The van der Waals surface area contributed by atoms with Gasteiger partial charge in [-0.05, 0) is 42.8 Å². The van der Waals surface area contributed by atoms with E-state index in [1.54, 1.807) is 11.3 Å². The number of fused-ring (bicyclic) bond motifs is 2. The number of benzene rings is 1. The molecule has 4 heterocycles. The molecule has 0 saturated carbocycles. The third kappa shape index (κ3) is 2.46. The Morgan fingerprint density at radius 1 is 1.24 bits per heavy atom. The van der Waals surface area contributed by atoms with Crippen molar-refractivity contribution in [3.05, 3.63) is 59.2 Å². The molecule has 0 aliphatic carbocycles. The standard InChI is InChI=1S/C19H16N4OS/c1-12-18(15-11-20-17-4-2-3-8-23(15)17)22-19(25-12)21-14-5-6-16-13(10-14)7-9-24-16/h2-6,8,10-11H,7,9H2,1H3,(H,21,22). The van der Waals surface area contributed by atoms with Gasteiger partial charge in [0.1, 0.15) is 17.1 Å². The van der Waals surface area contributed by atoms with Crippen LogP contribution in [0, 0.1) is 6.92 Å². The molecule has 0 fully saturated rings. The van der Waals surface area contributed by atoms with Crippen LogP contribution < -0.4 is 10.1 Å². The van der Waals surface area contributed by atoms with Gasteiger partial charge in [0.25, 0.3) is 0 Å². The largest absolute Gasteiger partial charge is 0.493 e. The highest BCUT2D eigenvalue weighted by atomic mass is 32.1. The quantitative estimate of drug-likeness (QED) is 0.594. The van der Waals surface area contributed by atoms with Gasteiger partial charge in [-0.1, -0.05) is 6.07 Å². The molecule has 0 amide bonds. The molecule has 5 nitrogen and oxygen atoms in total.